The fraction of sp³-hybridized carbons (Fsp3) is 1.00. The summed E-state index contributed by atoms with van der Waals surface area (Å²) in [6.45, 7) is 6.98. The van der Waals surface area contributed by atoms with Crippen molar-refractivity contribution in [1.82, 2.24) is 0 Å². The second-order valence-electron chi connectivity index (χ2n) is 4.86. The predicted octanol–water partition coefficient (Wildman–Crippen LogP) is 4.47. The molecule has 0 bridgehead atoms. The van der Waals surface area contributed by atoms with Crippen LogP contribution < -0.4 is 0 Å². The predicted molar refractivity (Wildman–Crippen MR) is 60.2 cm³/mol. The molecule has 0 radical (unpaired) electrons. The molecule has 1 fully saturated rings. The Morgan fingerprint density at radius 3 is 2.54 bits per heavy atom. The first-order chi connectivity index (χ1) is 6.15. The van der Waals surface area contributed by atoms with Crippen LogP contribution in [0.3, 0.4) is 0 Å². The molecular weight excluding hydrogens is 180 g/mol. The second kappa shape index (κ2) is 5.24. The maximum Gasteiger partial charge on any atom is 0.0366 e. The molecule has 0 spiro atoms. The molecule has 0 nitrogen and oxygen atoms in total. The highest BCUT2D eigenvalue weighted by Crippen LogP contribution is 2.38. The van der Waals surface area contributed by atoms with Gasteiger partial charge in [0, 0.05) is 5.38 Å². The van der Waals surface area contributed by atoms with Crippen molar-refractivity contribution in [2.75, 3.05) is 0 Å². The van der Waals surface area contributed by atoms with E-state index in [4.69, 9.17) is 11.6 Å². The summed E-state index contributed by atoms with van der Waals surface area (Å²) in [7, 11) is 0. The molecule has 13 heavy (non-hydrogen) atoms. The smallest absolute Gasteiger partial charge is 0.0366 e. The van der Waals surface area contributed by atoms with E-state index >= 15 is 0 Å². The molecule has 0 aromatic carbocycles. The Morgan fingerprint density at radius 2 is 2.00 bits per heavy atom. The largest absolute Gasteiger partial charge is 0.123 e. The van der Waals surface area contributed by atoms with E-state index in [1.54, 1.807) is 0 Å². The molecule has 0 aromatic rings. The van der Waals surface area contributed by atoms with Gasteiger partial charge in [-0.15, -0.1) is 11.6 Å². The fourth-order valence-electron chi connectivity index (χ4n) is 2.72. The van der Waals surface area contributed by atoms with Gasteiger partial charge in [0.05, 0.1) is 0 Å². The molecule has 1 aliphatic rings. The van der Waals surface area contributed by atoms with Gasteiger partial charge in [-0.2, -0.15) is 0 Å². The number of alkyl halides is 1. The third-order valence-corrected chi connectivity index (χ3v) is 4.07. The molecule has 0 heterocycles. The first-order valence-electron chi connectivity index (χ1n) is 5.79. The van der Waals surface area contributed by atoms with Crippen LogP contribution in [0.5, 0.6) is 0 Å². The molecule has 0 amide bonds. The van der Waals surface area contributed by atoms with Crippen molar-refractivity contribution < 1.29 is 0 Å². The molecule has 0 saturated heterocycles. The van der Waals surface area contributed by atoms with Crippen molar-refractivity contribution in [2.24, 2.45) is 17.8 Å². The SMILES string of the molecule is CCCC(Cl)C1CCC(C)CC1C. The monoisotopic (exact) mass is 202 g/mol. The van der Waals surface area contributed by atoms with E-state index < -0.39 is 0 Å². The molecule has 0 N–H and O–H groups in total. The average molecular weight is 203 g/mol. The van der Waals surface area contributed by atoms with Crippen molar-refractivity contribution in [3.8, 4) is 0 Å². The fourth-order valence-corrected chi connectivity index (χ4v) is 3.31. The maximum atomic E-state index is 6.40. The van der Waals surface area contributed by atoms with Crippen LogP contribution in [0.25, 0.3) is 0 Å². The lowest BCUT2D eigenvalue weighted by Gasteiger charge is -2.35. The summed E-state index contributed by atoms with van der Waals surface area (Å²) in [6.07, 6.45) is 6.56. The summed E-state index contributed by atoms with van der Waals surface area (Å²) < 4.78 is 0. The Hall–Kier alpha value is 0.290. The first-order valence-corrected chi connectivity index (χ1v) is 6.22. The number of rotatable bonds is 3. The van der Waals surface area contributed by atoms with Crippen molar-refractivity contribution in [1.29, 1.82) is 0 Å². The second-order valence-corrected chi connectivity index (χ2v) is 5.42. The molecule has 1 saturated carbocycles. The van der Waals surface area contributed by atoms with E-state index in [-0.39, 0.29) is 0 Å². The number of halogens is 1. The Balaban J connectivity index is 2.40. The Labute approximate surface area is 88.1 Å². The van der Waals surface area contributed by atoms with E-state index in [9.17, 15) is 0 Å². The van der Waals surface area contributed by atoms with Gasteiger partial charge in [0.2, 0.25) is 0 Å². The summed E-state index contributed by atoms with van der Waals surface area (Å²) in [6, 6.07) is 0. The van der Waals surface area contributed by atoms with Gasteiger partial charge >= 0.3 is 0 Å². The minimum Gasteiger partial charge on any atom is -0.123 e. The van der Waals surface area contributed by atoms with Gasteiger partial charge < -0.3 is 0 Å². The molecule has 1 aliphatic carbocycles. The van der Waals surface area contributed by atoms with Crippen LogP contribution in [0.2, 0.25) is 0 Å². The van der Waals surface area contributed by atoms with Crippen molar-refractivity contribution >= 4 is 11.6 Å². The van der Waals surface area contributed by atoms with Crippen molar-refractivity contribution in [3.63, 3.8) is 0 Å². The molecule has 1 rings (SSSR count). The molecular formula is C12H23Cl. The summed E-state index contributed by atoms with van der Waals surface area (Å²) >= 11 is 6.40. The normalized spacial score (nSPS) is 37.4. The lowest BCUT2D eigenvalue weighted by Crippen LogP contribution is -2.28. The van der Waals surface area contributed by atoms with Gasteiger partial charge in [-0.1, -0.05) is 33.6 Å². The van der Waals surface area contributed by atoms with E-state index in [1.807, 2.05) is 0 Å². The zero-order valence-corrected chi connectivity index (χ0v) is 9.98. The Morgan fingerprint density at radius 1 is 1.31 bits per heavy atom. The quantitative estimate of drug-likeness (QED) is 0.593. The van der Waals surface area contributed by atoms with Gasteiger partial charge in [-0.05, 0) is 37.0 Å². The topological polar surface area (TPSA) is 0 Å². The molecule has 1 heteroatoms. The van der Waals surface area contributed by atoms with E-state index in [1.165, 1.54) is 32.1 Å². The third kappa shape index (κ3) is 3.16. The molecule has 4 unspecified atom stereocenters. The Bertz CT molecular complexity index is 140. The van der Waals surface area contributed by atoms with Crippen molar-refractivity contribution in [3.05, 3.63) is 0 Å². The van der Waals surface area contributed by atoms with Gasteiger partial charge in [0.25, 0.3) is 0 Å². The molecule has 0 aliphatic heterocycles. The minimum atomic E-state index is 0.438. The third-order valence-electron chi connectivity index (χ3n) is 3.53. The molecule has 78 valence electrons. The lowest BCUT2D eigenvalue weighted by molar-refractivity contribution is 0.195. The number of hydrogen-bond acceptors (Lipinski definition) is 0. The summed E-state index contributed by atoms with van der Waals surface area (Å²) in [5.74, 6) is 2.56. The van der Waals surface area contributed by atoms with Crippen LogP contribution in [0.1, 0.15) is 52.9 Å². The lowest BCUT2D eigenvalue weighted by atomic mass is 9.73. The van der Waals surface area contributed by atoms with Gasteiger partial charge in [0.15, 0.2) is 0 Å². The highest BCUT2D eigenvalue weighted by Gasteiger charge is 2.29. The minimum absolute atomic E-state index is 0.438. The van der Waals surface area contributed by atoms with Crippen molar-refractivity contribution in [2.45, 2.75) is 58.3 Å². The highest BCUT2D eigenvalue weighted by molar-refractivity contribution is 6.20. The van der Waals surface area contributed by atoms with Crippen LogP contribution in [-0.2, 0) is 0 Å². The van der Waals surface area contributed by atoms with Gasteiger partial charge in [-0.25, -0.2) is 0 Å². The first kappa shape index (κ1) is 11.4. The van der Waals surface area contributed by atoms with E-state index in [0.29, 0.717) is 5.38 Å². The van der Waals surface area contributed by atoms with Crippen LogP contribution in [-0.4, -0.2) is 5.38 Å². The molecule has 4 atom stereocenters. The molecule has 0 aromatic heterocycles. The van der Waals surface area contributed by atoms with E-state index in [2.05, 4.69) is 20.8 Å². The summed E-state index contributed by atoms with van der Waals surface area (Å²) in [4.78, 5) is 0. The van der Waals surface area contributed by atoms with E-state index in [0.717, 1.165) is 17.8 Å². The van der Waals surface area contributed by atoms with Crippen LogP contribution in [0.15, 0.2) is 0 Å². The van der Waals surface area contributed by atoms with Gasteiger partial charge in [0.1, 0.15) is 0 Å². The zero-order valence-electron chi connectivity index (χ0n) is 9.22. The standard InChI is InChI=1S/C12H23Cl/c1-4-5-12(13)11-7-6-9(2)8-10(11)3/h9-12H,4-8H2,1-3H3. The maximum absolute atomic E-state index is 6.40. The summed E-state index contributed by atoms with van der Waals surface area (Å²) in [5, 5.41) is 0.438. The highest BCUT2D eigenvalue weighted by atomic mass is 35.5. The van der Waals surface area contributed by atoms with Crippen LogP contribution >= 0.6 is 11.6 Å². The van der Waals surface area contributed by atoms with Gasteiger partial charge in [-0.3, -0.25) is 0 Å². The van der Waals surface area contributed by atoms with Crippen LogP contribution in [0, 0.1) is 17.8 Å². The summed E-state index contributed by atoms with van der Waals surface area (Å²) in [5.41, 5.74) is 0. The zero-order chi connectivity index (χ0) is 9.84. The Kier molecular flexibility index (Phi) is 4.58. The van der Waals surface area contributed by atoms with Crippen LogP contribution in [0.4, 0.5) is 0 Å². The average Bonchev–Trinajstić information content (AvgIpc) is 2.04. The number of hydrogen-bond donors (Lipinski definition) is 0.